The molecule has 0 saturated heterocycles. The minimum atomic E-state index is -4.13. The van der Waals surface area contributed by atoms with E-state index < -0.39 is 33.9 Å². The molecule has 0 N–H and O–H groups in total. The molecule has 180 valence electrons. The first-order valence-electron chi connectivity index (χ1n) is 11.1. The van der Waals surface area contributed by atoms with Crippen LogP contribution in [0.1, 0.15) is 59.4 Å². The van der Waals surface area contributed by atoms with Gasteiger partial charge in [-0.1, -0.05) is 44.9 Å². The zero-order valence-electron chi connectivity index (χ0n) is 19.9. The van der Waals surface area contributed by atoms with E-state index in [9.17, 15) is 18.0 Å². The zero-order chi connectivity index (χ0) is 24.1. The Bertz CT molecular complexity index is 891. The van der Waals surface area contributed by atoms with Gasteiger partial charge in [0.25, 0.3) is 10.1 Å². The summed E-state index contributed by atoms with van der Waals surface area (Å²) in [6.07, 6.45) is 3.08. The maximum atomic E-state index is 12.7. The van der Waals surface area contributed by atoms with Gasteiger partial charge in [-0.05, 0) is 63.5 Å². The molecule has 4 unspecified atom stereocenters. The smallest absolute Gasteiger partial charge is 0.323 e. The highest BCUT2D eigenvalue weighted by Gasteiger charge is 2.42. The van der Waals surface area contributed by atoms with Crippen LogP contribution in [-0.4, -0.2) is 39.7 Å². The van der Waals surface area contributed by atoms with Gasteiger partial charge in [0.1, 0.15) is 11.2 Å². The van der Waals surface area contributed by atoms with Crippen molar-refractivity contribution in [1.29, 1.82) is 0 Å². The Hall–Kier alpha value is -1.77. The zero-order valence-corrected chi connectivity index (χ0v) is 20.7. The van der Waals surface area contributed by atoms with Crippen molar-refractivity contribution in [2.75, 3.05) is 13.4 Å². The van der Waals surface area contributed by atoms with Crippen molar-refractivity contribution in [3.05, 3.63) is 29.8 Å². The van der Waals surface area contributed by atoms with Gasteiger partial charge < -0.3 is 9.47 Å². The molecule has 0 heterocycles. The molecule has 1 aliphatic rings. The third-order valence-corrected chi connectivity index (χ3v) is 7.75. The van der Waals surface area contributed by atoms with Crippen LogP contribution in [0.3, 0.4) is 0 Å². The van der Waals surface area contributed by atoms with Crippen molar-refractivity contribution in [2.45, 2.75) is 71.8 Å². The highest BCUT2D eigenvalue weighted by atomic mass is 32.2. The van der Waals surface area contributed by atoms with E-state index in [1.807, 2.05) is 6.92 Å². The fourth-order valence-corrected chi connectivity index (χ4v) is 4.91. The first-order chi connectivity index (χ1) is 14.9. The summed E-state index contributed by atoms with van der Waals surface area (Å²) >= 11 is 0. The number of Topliss-reactive ketones (excluding diaryl/α,β-unsaturated/α-hetero) is 1. The molecule has 0 bridgehead atoms. The van der Waals surface area contributed by atoms with E-state index >= 15 is 0 Å². The Balaban J connectivity index is 2.00. The molecular weight excluding hydrogens is 432 g/mol. The fraction of sp³-hybridized carbons (Fsp3) is 0.667. The molecule has 8 heteroatoms. The molecule has 0 spiro atoms. The van der Waals surface area contributed by atoms with Crippen molar-refractivity contribution in [1.82, 2.24) is 0 Å². The largest absolute Gasteiger partial charge is 0.438 e. The van der Waals surface area contributed by atoms with E-state index in [0.717, 1.165) is 24.8 Å². The average Bonchev–Trinajstić information content (AvgIpc) is 2.72. The van der Waals surface area contributed by atoms with E-state index in [4.69, 9.17) is 13.7 Å². The molecule has 7 nitrogen and oxygen atoms in total. The maximum absolute atomic E-state index is 12.7. The van der Waals surface area contributed by atoms with Crippen LogP contribution in [0.25, 0.3) is 0 Å². The Labute approximate surface area is 191 Å². The van der Waals surface area contributed by atoms with Crippen molar-refractivity contribution in [3.8, 4) is 0 Å². The van der Waals surface area contributed by atoms with Crippen molar-refractivity contribution in [2.24, 2.45) is 23.2 Å². The molecule has 1 fully saturated rings. The molecule has 32 heavy (non-hydrogen) atoms. The minimum absolute atomic E-state index is 0.0201. The highest BCUT2D eigenvalue weighted by Crippen LogP contribution is 2.35. The number of benzene rings is 1. The van der Waals surface area contributed by atoms with Crippen LogP contribution in [0, 0.1) is 30.1 Å². The molecule has 1 aliphatic carbocycles. The second-order valence-electron chi connectivity index (χ2n) is 9.50. The predicted molar refractivity (Wildman–Crippen MR) is 120 cm³/mol. The number of hydrogen-bond donors (Lipinski definition) is 0. The van der Waals surface area contributed by atoms with Gasteiger partial charge in [0, 0.05) is 0 Å². The second kappa shape index (κ2) is 10.9. The third kappa shape index (κ3) is 6.62. The molecule has 0 aromatic heterocycles. The summed E-state index contributed by atoms with van der Waals surface area (Å²) in [6.45, 7) is 9.92. The molecule has 2 rings (SSSR count). The summed E-state index contributed by atoms with van der Waals surface area (Å²) in [5.74, 6) is -0.0475. The van der Waals surface area contributed by atoms with Gasteiger partial charge in [0.05, 0.1) is 17.6 Å². The molecular formula is C24H36O7S. The van der Waals surface area contributed by atoms with Crippen molar-refractivity contribution < 1.29 is 31.7 Å². The second-order valence-corrected chi connectivity index (χ2v) is 11.1. The van der Waals surface area contributed by atoms with Crippen LogP contribution in [0.4, 0.5) is 0 Å². The highest BCUT2D eigenvalue weighted by molar-refractivity contribution is 7.86. The van der Waals surface area contributed by atoms with Gasteiger partial charge >= 0.3 is 5.97 Å². The maximum Gasteiger partial charge on any atom is 0.323 e. The van der Waals surface area contributed by atoms with Gasteiger partial charge in [-0.3, -0.25) is 13.8 Å². The Morgan fingerprint density at radius 2 is 1.78 bits per heavy atom. The quantitative estimate of drug-likeness (QED) is 0.219. The van der Waals surface area contributed by atoms with Gasteiger partial charge in [-0.2, -0.15) is 8.42 Å². The van der Waals surface area contributed by atoms with Gasteiger partial charge in [0.15, 0.2) is 6.79 Å². The summed E-state index contributed by atoms with van der Waals surface area (Å²) < 4.78 is 41.2. The monoisotopic (exact) mass is 468 g/mol. The third-order valence-electron chi connectivity index (χ3n) is 6.47. The molecule has 4 atom stereocenters. The lowest BCUT2D eigenvalue weighted by molar-refractivity contribution is -0.180. The molecule has 0 amide bonds. The summed E-state index contributed by atoms with van der Waals surface area (Å²) in [6, 6.07) is 6.11. The molecule has 1 aromatic carbocycles. The fourth-order valence-electron chi connectivity index (χ4n) is 3.91. The van der Waals surface area contributed by atoms with E-state index in [-0.39, 0.29) is 17.8 Å². The Kier molecular flexibility index (Phi) is 9.02. The first-order valence-corrected chi connectivity index (χ1v) is 12.5. The van der Waals surface area contributed by atoms with Gasteiger partial charge in [-0.25, -0.2) is 0 Å². The topological polar surface area (TPSA) is 96.0 Å². The summed E-state index contributed by atoms with van der Waals surface area (Å²) in [5.41, 5.74) is -0.869. The number of carbonyl (C=O) groups excluding carboxylic acids is 2. The van der Waals surface area contributed by atoms with Gasteiger partial charge in [0.2, 0.25) is 0 Å². The summed E-state index contributed by atoms with van der Waals surface area (Å²) in [7, 11) is -4.13. The van der Waals surface area contributed by atoms with Crippen molar-refractivity contribution in [3.63, 3.8) is 0 Å². The molecule has 1 saturated carbocycles. The van der Waals surface area contributed by atoms with Crippen LogP contribution >= 0.6 is 0 Å². The minimum Gasteiger partial charge on any atom is -0.438 e. The lowest BCUT2D eigenvalue weighted by atomic mass is 9.75. The van der Waals surface area contributed by atoms with Crippen LogP contribution in [0.2, 0.25) is 0 Å². The number of carbonyl (C=O) groups is 2. The molecule has 1 aromatic rings. The molecule has 0 aliphatic heterocycles. The van der Waals surface area contributed by atoms with E-state index in [2.05, 4.69) is 20.8 Å². The average molecular weight is 469 g/mol. The number of hydrogen-bond acceptors (Lipinski definition) is 7. The Morgan fingerprint density at radius 1 is 1.16 bits per heavy atom. The lowest BCUT2D eigenvalue weighted by Crippen LogP contribution is -2.42. The van der Waals surface area contributed by atoms with Crippen LogP contribution in [0.5, 0.6) is 0 Å². The Morgan fingerprint density at radius 3 is 2.34 bits per heavy atom. The number of rotatable bonds is 10. The van der Waals surface area contributed by atoms with Gasteiger partial charge in [-0.15, -0.1) is 0 Å². The number of aryl methyl sites for hydroxylation is 1. The molecule has 0 radical (unpaired) electrons. The number of ether oxygens (including phenoxy) is 2. The van der Waals surface area contributed by atoms with E-state index in [1.165, 1.54) is 26.0 Å². The van der Waals surface area contributed by atoms with E-state index in [0.29, 0.717) is 17.8 Å². The standard InChI is InChI=1S/C24H36O7S/c1-16(2)21-12-9-18(4)13-22(21)29-15-30-23(26)24(6,19(5)25)14-31-32(27,28)20-10-7-17(3)8-11-20/h7-8,10-11,16,18,21-22H,9,12-15H2,1-6H3. The van der Waals surface area contributed by atoms with E-state index in [1.54, 1.807) is 12.1 Å². The first kappa shape index (κ1) is 26.5. The summed E-state index contributed by atoms with van der Waals surface area (Å²) in [4.78, 5) is 24.9. The van der Waals surface area contributed by atoms with Crippen LogP contribution < -0.4 is 0 Å². The van der Waals surface area contributed by atoms with Crippen molar-refractivity contribution >= 4 is 21.9 Å². The normalized spacial score (nSPS) is 23.5. The van der Waals surface area contributed by atoms with Crippen LogP contribution in [-0.2, 0) is 33.4 Å². The predicted octanol–water partition coefficient (Wildman–Crippen LogP) is 4.27. The van der Waals surface area contributed by atoms with Crippen LogP contribution in [0.15, 0.2) is 29.2 Å². The SMILES string of the molecule is CC(=O)C(C)(COS(=O)(=O)c1ccc(C)cc1)C(=O)OCOC1CC(C)CCC1C(C)C. The number of ketones is 1. The number of esters is 1. The lowest BCUT2D eigenvalue weighted by Gasteiger charge is -2.37. The summed E-state index contributed by atoms with van der Waals surface area (Å²) in [5, 5.41) is 0.